The Labute approximate surface area is 271 Å². The lowest BCUT2D eigenvalue weighted by atomic mass is 9.67. The first kappa shape index (κ1) is 35.5. The summed E-state index contributed by atoms with van der Waals surface area (Å²) in [5.74, 6) is -1.12. The summed E-state index contributed by atoms with van der Waals surface area (Å²) in [4.78, 5) is 0. The number of ether oxygens (including phenoxy) is 6. The topological polar surface area (TPSA) is 237 Å². The molecule has 2 saturated heterocycles. The first-order valence-corrected chi connectivity index (χ1v) is 15.4. The number of rotatable bonds is 10. The average molecular weight is 669 g/mol. The molecule has 2 heterocycles. The molecule has 262 valence electrons. The van der Waals surface area contributed by atoms with E-state index in [1.807, 2.05) is 0 Å². The number of aromatic hydroxyl groups is 2. The first-order chi connectivity index (χ1) is 22.4. The van der Waals surface area contributed by atoms with Gasteiger partial charge >= 0.3 is 0 Å². The van der Waals surface area contributed by atoms with E-state index >= 15 is 0 Å². The van der Waals surface area contributed by atoms with Gasteiger partial charge in [-0.15, -0.1) is 0 Å². The Bertz CT molecular complexity index is 1360. The van der Waals surface area contributed by atoms with Crippen LogP contribution < -0.4 is 9.47 Å². The zero-order valence-electron chi connectivity index (χ0n) is 26.2. The van der Waals surface area contributed by atoms with E-state index in [9.17, 15) is 46.0 Å². The quantitative estimate of drug-likeness (QED) is 0.143. The number of aliphatic hydroxyl groups excluding tert-OH is 7. The van der Waals surface area contributed by atoms with E-state index in [2.05, 4.69) is 0 Å². The summed E-state index contributed by atoms with van der Waals surface area (Å²) in [5.41, 5.74) is 2.21. The number of aliphatic hydroxyl groups is 7. The van der Waals surface area contributed by atoms with Crippen molar-refractivity contribution in [2.75, 3.05) is 34.0 Å². The molecule has 3 aliphatic rings. The third-order valence-corrected chi connectivity index (χ3v) is 9.44. The van der Waals surface area contributed by atoms with Crippen molar-refractivity contribution in [3.05, 3.63) is 47.0 Å². The van der Waals surface area contributed by atoms with Gasteiger partial charge in [-0.3, -0.25) is 0 Å². The van der Waals surface area contributed by atoms with Gasteiger partial charge in [0, 0.05) is 12.5 Å². The third-order valence-electron chi connectivity index (χ3n) is 9.44. The lowest BCUT2D eigenvalue weighted by Crippen LogP contribution is -2.61. The minimum atomic E-state index is -1.71. The number of benzene rings is 2. The second kappa shape index (κ2) is 14.8. The summed E-state index contributed by atoms with van der Waals surface area (Å²) in [5, 5.41) is 93.9. The predicted molar refractivity (Wildman–Crippen MR) is 160 cm³/mol. The minimum absolute atomic E-state index is 0.0813. The number of hydrogen-bond donors (Lipinski definition) is 9. The Morgan fingerprint density at radius 3 is 2.00 bits per heavy atom. The Hall–Kier alpha value is -2.80. The lowest BCUT2D eigenvalue weighted by molar-refractivity contribution is -0.329. The van der Waals surface area contributed by atoms with Gasteiger partial charge in [-0.1, -0.05) is 6.07 Å². The highest BCUT2D eigenvalue weighted by Crippen LogP contribution is 2.48. The fourth-order valence-electron chi connectivity index (χ4n) is 6.68. The molecule has 0 radical (unpaired) electrons. The molecule has 0 amide bonds. The monoisotopic (exact) mass is 668 g/mol. The molecule has 2 aromatic carbocycles. The molecule has 0 bridgehead atoms. The smallest absolute Gasteiger partial charge is 0.186 e. The van der Waals surface area contributed by atoms with Gasteiger partial charge in [0.15, 0.2) is 35.6 Å². The van der Waals surface area contributed by atoms with E-state index < -0.39 is 85.8 Å². The second-order valence-corrected chi connectivity index (χ2v) is 12.3. The fraction of sp³-hybridized carbons (Fsp3) is 0.625. The highest BCUT2D eigenvalue weighted by molar-refractivity contribution is 5.53. The number of phenolic OH excluding ortho intramolecular Hbond substituents is 2. The first-order valence-electron chi connectivity index (χ1n) is 15.4. The van der Waals surface area contributed by atoms with Crippen LogP contribution in [-0.2, 0) is 25.4 Å². The zero-order valence-corrected chi connectivity index (χ0v) is 26.2. The molecule has 2 aliphatic heterocycles. The van der Waals surface area contributed by atoms with Gasteiger partial charge in [-0.05, 0) is 66.1 Å². The minimum Gasteiger partial charge on any atom is -0.504 e. The molecule has 0 saturated carbocycles. The van der Waals surface area contributed by atoms with Crippen LogP contribution in [0.4, 0.5) is 0 Å². The molecule has 9 N–H and O–H groups in total. The Morgan fingerprint density at radius 1 is 0.723 bits per heavy atom. The average Bonchev–Trinajstić information content (AvgIpc) is 3.07. The molecule has 0 aromatic heterocycles. The Morgan fingerprint density at radius 2 is 1.34 bits per heavy atom. The van der Waals surface area contributed by atoms with Gasteiger partial charge in [0.2, 0.25) is 0 Å². The van der Waals surface area contributed by atoms with Crippen molar-refractivity contribution in [2.45, 2.75) is 80.7 Å². The Kier molecular flexibility index (Phi) is 11.1. The molecule has 0 spiro atoms. The van der Waals surface area contributed by atoms with Crippen LogP contribution in [0.2, 0.25) is 0 Å². The molecule has 2 fully saturated rings. The Balaban J connectivity index is 1.38. The van der Waals surface area contributed by atoms with E-state index in [0.717, 1.165) is 5.56 Å². The van der Waals surface area contributed by atoms with Gasteiger partial charge in [0.25, 0.3) is 0 Å². The molecule has 5 rings (SSSR count). The normalized spacial score (nSPS) is 37.3. The maximum atomic E-state index is 10.8. The fourth-order valence-corrected chi connectivity index (χ4v) is 6.68. The summed E-state index contributed by atoms with van der Waals surface area (Å²) in [6, 6.07) is 8.10. The van der Waals surface area contributed by atoms with Gasteiger partial charge in [0.1, 0.15) is 42.7 Å². The second-order valence-electron chi connectivity index (χ2n) is 12.3. The van der Waals surface area contributed by atoms with Crippen molar-refractivity contribution in [3.63, 3.8) is 0 Å². The summed E-state index contributed by atoms with van der Waals surface area (Å²) in [7, 11) is 2.85. The van der Waals surface area contributed by atoms with E-state index in [0.29, 0.717) is 17.5 Å². The molecular weight excluding hydrogens is 624 g/mol. The highest BCUT2D eigenvalue weighted by atomic mass is 16.7. The largest absolute Gasteiger partial charge is 0.504 e. The highest BCUT2D eigenvalue weighted by Gasteiger charge is 2.48. The molecular formula is C32H44O15. The van der Waals surface area contributed by atoms with Crippen molar-refractivity contribution in [1.82, 2.24) is 0 Å². The molecule has 1 aliphatic carbocycles. The molecule has 15 heteroatoms. The SMILES string of the molecule is COc1cc([C@H]2c3cc(O)c(OC)cc3C[C@@H](CO)[C@@H]2CO[C@@H]2O[C@H](CO[C@@H]3O[C@@H](C)[C@H](O)[C@@H](O)[C@H]3O)[C@@H](O)[C@H](O)[C@H]2O)ccc1O. The van der Waals surface area contributed by atoms with Crippen LogP contribution >= 0.6 is 0 Å². The van der Waals surface area contributed by atoms with Crippen molar-refractivity contribution in [2.24, 2.45) is 11.8 Å². The zero-order chi connectivity index (χ0) is 34.2. The molecule has 0 unspecified atom stereocenters. The summed E-state index contributed by atoms with van der Waals surface area (Å²) < 4.78 is 33.5. The number of phenols is 2. The van der Waals surface area contributed by atoms with Gasteiger partial charge in [-0.25, -0.2) is 0 Å². The van der Waals surface area contributed by atoms with Crippen LogP contribution in [0.3, 0.4) is 0 Å². The van der Waals surface area contributed by atoms with E-state index in [1.54, 1.807) is 24.3 Å². The van der Waals surface area contributed by atoms with Gasteiger partial charge < -0.3 is 74.4 Å². The molecule has 15 nitrogen and oxygen atoms in total. The van der Waals surface area contributed by atoms with Crippen LogP contribution in [0.15, 0.2) is 30.3 Å². The number of methoxy groups -OCH3 is 2. The van der Waals surface area contributed by atoms with Gasteiger partial charge in [-0.2, -0.15) is 0 Å². The van der Waals surface area contributed by atoms with Crippen LogP contribution in [0, 0.1) is 11.8 Å². The van der Waals surface area contributed by atoms with Crippen LogP contribution in [0.25, 0.3) is 0 Å². The van der Waals surface area contributed by atoms with E-state index in [4.69, 9.17) is 28.4 Å². The molecule has 2 aromatic rings. The van der Waals surface area contributed by atoms with E-state index in [-0.39, 0.29) is 36.2 Å². The molecule has 13 atom stereocenters. The maximum Gasteiger partial charge on any atom is 0.186 e. The number of hydrogen-bond acceptors (Lipinski definition) is 15. The van der Waals surface area contributed by atoms with Crippen molar-refractivity contribution in [3.8, 4) is 23.0 Å². The van der Waals surface area contributed by atoms with Crippen LogP contribution in [-0.4, -0.2) is 141 Å². The van der Waals surface area contributed by atoms with E-state index in [1.165, 1.54) is 27.2 Å². The predicted octanol–water partition coefficient (Wildman–Crippen LogP) is -1.30. The summed E-state index contributed by atoms with van der Waals surface area (Å²) in [6.07, 6.45) is -14.1. The van der Waals surface area contributed by atoms with Crippen LogP contribution in [0.1, 0.15) is 29.5 Å². The lowest BCUT2D eigenvalue weighted by Gasteiger charge is -2.44. The van der Waals surface area contributed by atoms with Crippen LogP contribution in [0.5, 0.6) is 23.0 Å². The number of fused-ring (bicyclic) bond motifs is 1. The van der Waals surface area contributed by atoms with Gasteiger partial charge in [0.05, 0.1) is 33.5 Å². The summed E-state index contributed by atoms with van der Waals surface area (Å²) in [6.45, 7) is 0.649. The maximum absolute atomic E-state index is 10.8. The van der Waals surface area contributed by atoms with Crippen molar-refractivity contribution in [1.29, 1.82) is 0 Å². The standard InChI is InChI=1S/C32H44O15/c1-13-25(36)27(38)29(40)31(46-13)45-12-23-26(37)28(39)30(41)32(47-23)44-11-18-16(10-33)6-15-8-22(43-3)20(35)9-17(15)24(18)14-4-5-19(34)21(7-14)42-2/h4-5,7-9,13,16,18,23-41H,6,10-12H2,1-3H3/t13-,16-,18-,23+,24-,25-,26+,27+,28-,29+,30+,31+,32+/m0/s1. The van der Waals surface area contributed by atoms with Crippen molar-refractivity contribution < 1.29 is 74.4 Å². The van der Waals surface area contributed by atoms with Crippen molar-refractivity contribution >= 4 is 0 Å². The third kappa shape index (κ3) is 7.02. The summed E-state index contributed by atoms with van der Waals surface area (Å²) >= 11 is 0. The molecule has 47 heavy (non-hydrogen) atoms.